The van der Waals surface area contributed by atoms with Gasteiger partial charge in [0.05, 0.1) is 11.8 Å². The van der Waals surface area contributed by atoms with E-state index >= 15 is 0 Å². The standard InChI is InChI=1S/C9H11N5O2S/c1-17(15,16)6-14-5-7(4-12-14)9-11-3-2-8(10)13-9/h2-5H,6H2,1H3,(H2,10,11,13). The second-order valence-electron chi connectivity index (χ2n) is 3.63. The smallest absolute Gasteiger partial charge is 0.167 e. The van der Waals surface area contributed by atoms with Gasteiger partial charge in [0.1, 0.15) is 11.7 Å². The molecule has 0 radical (unpaired) electrons. The number of nitrogens with two attached hydrogens (primary N) is 1. The Morgan fingerprint density at radius 2 is 2.24 bits per heavy atom. The molecule has 0 bridgehead atoms. The molecular formula is C9H11N5O2S. The molecule has 0 saturated heterocycles. The van der Waals surface area contributed by atoms with Gasteiger partial charge in [-0.15, -0.1) is 0 Å². The number of aromatic nitrogens is 4. The van der Waals surface area contributed by atoms with Crippen molar-refractivity contribution in [3.8, 4) is 11.4 Å². The van der Waals surface area contributed by atoms with E-state index in [1.54, 1.807) is 12.3 Å². The van der Waals surface area contributed by atoms with Crippen LogP contribution in [0.5, 0.6) is 0 Å². The van der Waals surface area contributed by atoms with Crippen LogP contribution in [0.4, 0.5) is 5.82 Å². The molecule has 2 aromatic rings. The molecule has 0 aromatic carbocycles. The number of rotatable bonds is 3. The van der Waals surface area contributed by atoms with Gasteiger partial charge in [-0.05, 0) is 6.07 Å². The molecule has 2 N–H and O–H groups in total. The average Bonchev–Trinajstić information content (AvgIpc) is 2.63. The largest absolute Gasteiger partial charge is 0.384 e. The lowest BCUT2D eigenvalue weighted by Gasteiger charge is -1.98. The van der Waals surface area contributed by atoms with Crippen LogP contribution in [-0.4, -0.2) is 34.4 Å². The Bertz CT molecular complexity index is 634. The van der Waals surface area contributed by atoms with Gasteiger partial charge in [0, 0.05) is 18.6 Å². The maximum absolute atomic E-state index is 11.1. The molecule has 0 spiro atoms. The van der Waals surface area contributed by atoms with Crippen LogP contribution in [0.2, 0.25) is 0 Å². The topological polar surface area (TPSA) is 104 Å². The summed E-state index contributed by atoms with van der Waals surface area (Å²) in [6, 6.07) is 1.57. The van der Waals surface area contributed by atoms with Gasteiger partial charge >= 0.3 is 0 Å². The minimum Gasteiger partial charge on any atom is -0.384 e. The van der Waals surface area contributed by atoms with Crippen LogP contribution in [0.1, 0.15) is 0 Å². The number of hydrogen-bond acceptors (Lipinski definition) is 6. The van der Waals surface area contributed by atoms with Crippen LogP contribution in [0.15, 0.2) is 24.7 Å². The molecule has 0 amide bonds. The highest BCUT2D eigenvalue weighted by Crippen LogP contribution is 2.14. The number of sulfone groups is 1. The van der Waals surface area contributed by atoms with Crippen molar-refractivity contribution in [2.45, 2.75) is 5.88 Å². The normalized spacial score (nSPS) is 11.6. The van der Waals surface area contributed by atoms with Crippen LogP contribution >= 0.6 is 0 Å². The molecule has 0 atom stereocenters. The van der Waals surface area contributed by atoms with Gasteiger partial charge in [-0.1, -0.05) is 0 Å². The van der Waals surface area contributed by atoms with Crippen LogP contribution in [0, 0.1) is 0 Å². The second-order valence-corrected chi connectivity index (χ2v) is 5.74. The Labute approximate surface area is 98.2 Å². The molecule has 2 aromatic heterocycles. The van der Waals surface area contributed by atoms with Crippen molar-refractivity contribution in [3.63, 3.8) is 0 Å². The predicted molar refractivity (Wildman–Crippen MR) is 62.5 cm³/mol. The number of anilines is 1. The molecule has 2 heterocycles. The van der Waals surface area contributed by atoms with Crippen molar-refractivity contribution >= 4 is 15.7 Å². The summed E-state index contributed by atoms with van der Waals surface area (Å²) in [6.07, 6.45) is 5.74. The fourth-order valence-corrected chi connectivity index (χ4v) is 1.92. The Hall–Kier alpha value is -1.96. The highest BCUT2D eigenvalue weighted by atomic mass is 32.2. The molecule has 0 aliphatic carbocycles. The molecule has 8 heteroatoms. The third-order valence-corrected chi connectivity index (χ3v) is 2.67. The summed E-state index contributed by atoms with van der Waals surface area (Å²) in [4.78, 5) is 8.04. The molecule has 2 rings (SSSR count). The quantitative estimate of drug-likeness (QED) is 0.820. The first kappa shape index (κ1) is 11.5. The Morgan fingerprint density at radius 1 is 1.47 bits per heavy atom. The first-order valence-corrected chi connectivity index (χ1v) is 6.79. The van der Waals surface area contributed by atoms with E-state index in [1.165, 1.54) is 17.1 Å². The first-order chi connectivity index (χ1) is 7.94. The van der Waals surface area contributed by atoms with Gasteiger partial charge < -0.3 is 5.73 Å². The van der Waals surface area contributed by atoms with Crippen LogP contribution in [0.3, 0.4) is 0 Å². The van der Waals surface area contributed by atoms with Gasteiger partial charge in [-0.3, -0.25) is 4.68 Å². The summed E-state index contributed by atoms with van der Waals surface area (Å²) >= 11 is 0. The molecule has 0 aliphatic heterocycles. The monoisotopic (exact) mass is 253 g/mol. The Kier molecular flexibility index (Phi) is 2.80. The lowest BCUT2D eigenvalue weighted by molar-refractivity contribution is 0.581. The summed E-state index contributed by atoms with van der Waals surface area (Å²) in [7, 11) is -3.12. The molecular weight excluding hydrogens is 242 g/mol. The van der Waals surface area contributed by atoms with Crippen molar-refractivity contribution < 1.29 is 8.42 Å². The lowest BCUT2D eigenvalue weighted by Crippen LogP contribution is -2.08. The summed E-state index contributed by atoms with van der Waals surface area (Å²) in [5.41, 5.74) is 6.16. The maximum Gasteiger partial charge on any atom is 0.167 e. The van der Waals surface area contributed by atoms with E-state index in [-0.39, 0.29) is 5.88 Å². The highest BCUT2D eigenvalue weighted by Gasteiger charge is 2.08. The minimum absolute atomic E-state index is 0.171. The van der Waals surface area contributed by atoms with Crippen molar-refractivity contribution in [1.82, 2.24) is 19.7 Å². The maximum atomic E-state index is 11.1. The van der Waals surface area contributed by atoms with E-state index in [2.05, 4.69) is 15.1 Å². The molecule has 0 unspecified atom stereocenters. The van der Waals surface area contributed by atoms with Gasteiger partial charge in [0.25, 0.3) is 0 Å². The molecule has 90 valence electrons. The molecule has 0 saturated carbocycles. The zero-order valence-corrected chi connectivity index (χ0v) is 9.92. The van der Waals surface area contributed by atoms with E-state index in [0.717, 1.165) is 6.26 Å². The predicted octanol–water partition coefficient (Wildman–Crippen LogP) is -0.0756. The van der Waals surface area contributed by atoms with Crippen molar-refractivity contribution in [1.29, 1.82) is 0 Å². The fraction of sp³-hybridized carbons (Fsp3) is 0.222. The van der Waals surface area contributed by atoms with Gasteiger partial charge in [-0.2, -0.15) is 5.10 Å². The van der Waals surface area contributed by atoms with Gasteiger partial charge in [-0.25, -0.2) is 18.4 Å². The van der Waals surface area contributed by atoms with Crippen LogP contribution in [-0.2, 0) is 15.7 Å². The van der Waals surface area contributed by atoms with E-state index < -0.39 is 9.84 Å². The fourth-order valence-electron chi connectivity index (χ4n) is 1.30. The van der Waals surface area contributed by atoms with E-state index in [9.17, 15) is 8.42 Å². The number of hydrogen-bond donors (Lipinski definition) is 1. The van der Waals surface area contributed by atoms with Crippen molar-refractivity contribution in [3.05, 3.63) is 24.7 Å². The van der Waals surface area contributed by atoms with Crippen molar-refractivity contribution in [2.24, 2.45) is 0 Å². The van der Waals surface area contributed by atoms with E-state index in [4.69, 9.17) is 5.73 Å². The summed E-state index contributed by atoms with van der Waals surface area (Å²) < 4.78 is 23.5. The van der Waals surface area contributed by atoms with E-state index in [1.807, 2.05) is 0 Å². The van der Waals surface area contributed by atoms with Gasteiger partial charge in [0.2, 0.25) is 0 Å². The van der Waals surface area contributed by atoms with E-state index in [0.29, 0.717) is 17.2 Å². The highest BCUT2D eigenvalue weighted by molar-refractivity contribution is 7.89. The summed E-state index contributed by atoms with van der Waals surface area (Å²) in [5, 5.41) is 3.92. The van der Waals surface area contributed by atoms with Crippen molar-refractivity contribution in [2.75, 3.05) is 12.0 Å². The van der Waals surface area contributed by atoms with Crippen LogP contribution in [0.25, 0.3) is 11.4 Å². The van der Waals surface area contributed by atoms with Gasteiger partial charge in [0.15, 0.2) is 15.7 Å². The molecule has 0 fully saturated rings. The summed E-state index contributed by atoms with van der Waals surface area (Å²) in [6.45, 7) is 0. The molecule has 17 heavy (non-hydrogen) atoms. The number of nitrogen functional groups attached to an aromatic ring is 1. The SMILES string of the molecule is CS(=O)(=O)Cn1cc(-c2nccc(N)n2)cn1. The molecule has 0 aliphatic rings. The lowest BCUT2D eigenvalue weighted by atomic mass is 10.3. The second kappa shape index (κ2) is 4.13. The zero-order chi connectivity index (χ0) is 12.5. The summed E-state index contributed by atoms with van der Waals surface area (Å²) in [5.74, 6) is 0.602. The third kappa shape index (κ3) is 3.00. The minimum atomic E-state index is -3.12. The Balaban J connectivity index is 2.30. The Morgan fingerprint density at radius 3 is 2.88 bits per heavy atom. The molecule has 7 nitrogen and oxygen atoms in total. The zero-order valence-electron chi connectivity index (χ0n) is 9.11. The third-order valence-electron chi connectivity index (χ3n) is 1.94. The average molecular weight is 253 g/mol. The number of nitrogens with zero attached hydrogens (tertiary/aromatic N) is 4. The van der Waals surface area contributed by atoms with Crippen LogP contribution < -0.4 is 5.73 Å². The first-order valence-electron chi connectivity index (χ1n) is 4.73.